The third-order valence-electron chi connectivity index (χ3n) is 6.67. The second kappa shape index (κ2) is 9.12. The van der Waals surface area contributed by atoms with E-state index in [9.17, 15) is 22.0 Å². The maximum atomic E-state index is 14.4. The second-order valence-electron chi connectivity index (χ2n) is 9.55. The summed E-state index contributed by atoms with van der Waals surface area (Å²) in [5, 5.41) is 3.45. The molecule has 1 N–H and O–H groups in total. The van der Waals surface area contributed by atoms with Crippen LogP contribution in [0.3, 0.4) is 0 Å². The Hall–Kier alpha value is -3.93. The summed E-state index contributed by atoms with van der Waals surface area (Å²) in [6, 6.07) is 6.45. The Kier molecular flexibility index (Phi) is 5.86. The van der Waals surface area contributed by atoms with Gasteiger partial charge in [0.2, 0.25) is 0 Å². The molecule has 1 saturated carbocycles. The summed E-state index contributed by atoms with van der Waals surface area (Å²) in [6.07, 6.45) is 7.51. The Morgan fingerprint density at radius 1 is 1.03 bits per heavy atom. The molecular weight excluding hydrogens is 514 g/mol. The van der Waals surface area contributed by atoms with Crippen molar-refractivity contribution in [3.63, 3.8) is 0 Å². The predicted octanol–water partition coefficient (Wildman–Crippen LogP) is 3.95. The maximum Gasteiger partial charge on any atom is 0.291 e. The molecule has 12 heteroatoms. The summed E-state index contributed by atoms with van der Waals surface area (Å²) >= 11 is 0. The lowest BCUT2D eigenvalue weighted by molar-refractivity contribution is -0.0201. The van der Waals surface area contributed by atoms with Gasteiger partial charge in [0, 0.05) is 36.3 Å². The highest BCUT2D eigenvalue weighted by atomic mass is 32.2. The van der Waals surface area contributed by atoms with Crippen LogP contribution >= 0.6 is 0 Å². The van der Waals surface area contributed by atoms with E-state index in [1.165, 1.54) is 0 Å². The van der Waals surface area contributed by atoms with Crippen molar-refractivity contribution in [2.45, 2.75) is 49.0 Å². The molecule has 0 aromatic carbocycles. The molecule has 1 fully saturated rings. The molecule has 194 valence electrons. The van der Waals surface area contributed by atoms with Gasteiger partial charge in [-0.2, -0.15) is 8.78 Å². The molecule has 5 heterocycles. The Balaban J connectivity index is 1.22. The summed E-state index contributed by atoms with van der Waals surface area (Å²) < 4.78 is 53.8. The van der Waals surface area contributed by atoms with Gasteiger partial charge >= 0.3 is 0 Å². The minimum Gasteiger partial charge on any atom is -0.346 e. The molecule has 9 nitrogen and oxygen atoms in total. The SMILES string of the molecule is O=C(NCc1cc2nc(-c3cncc(C4CC4)n3)ccc2cn1)c1cnc2c(c1)S(=O)(=O)CCCC2(F)F. The van der Waals surface area contributed by atoms with E-state index in [1.54, 1.807) is 24.7 Å². The number of nitrogens with zero attached hydrogens (tertiary/aromatic N) is 5. The van der Waals surface area contributed by atoms with Crippen molar-refractivity contribution in [1.82, 2.24) is 30.2 Å². The fourth-order valence-electron chi connectivity index (χ4n) is 4.44. The molecular formula is C26H22F2N6O3S. The number of aromatic nitrogens is 5. The van der Waals surface area contributed by atoms with E-state index in [2.05, 4.69) is 25.3 Å². The van der Waals surface area contributed by atoms with Crippen LogP contribution in [-0.2, 0) is 22.3 Å². The number of hydrogen-bond donors (Lipinski definition) is 1. The molecule has 1 aliphatic heterocycles. The maximum absolute atomic E-state index is 14.4. The van der Waals surface area contributed by atoms with Crippen LogP contribution in [0.25, 0.3) is 22.3 Å². The fourth-order valence-corrected chi connectivity index (χ4v) is 5.99. The number of hydrogen-bond acceptors (Lipinski definition) is 8. The highest BCUT2D eigenvalue weighted by Crippen LogP contribution is 2.40. The number of carbonyl (C=O) groups excluding carboxylic acids is 1. The standard InChI is InChI=1S/C26H22F2N6O3S/c27-26(28)6-1-7-38(36,37)23-8-17(11-31-24(23)26)25(35)32-12-18-9-20-16(10-30-18)4-5-19(33-20)22-14-29-13-21(34-22)15-2-3-15/h4-5,8-11,13-15H,1-3,6-7,12H2,(H,32,35). The first-order chi connectivity index (χ1) is 18.2. The number of halogens is 2. The molecule has 4 aromatic heterocycles. The number of sulfone groups is 1. The molecule has 4 aromatic rings. The first-order valence-corrected chi connectivity index (χ1v) is 13.8. The van der Waals surface area contributed by atoms with Gasteiger partial charge in [-0.25, -0.2) is 18.4 Å². The highest BCUT2D eigenvalue weighted by Gasteiger charge is 2.42. The van der Waals surface area contributed by atoms with Crippen LogP contribution < -0.4 is 5.32 Å². The van der Waals surface area contributed by atoms with E-state index in [-0.39, 0.29) is 18.5 Å². The van der Waals surface area contributed by atoms with Gasteiger partial charge in [0.05, 0.1) is 51.6 Å². The van der Waals surface area contributed by atoms with Crippen molar-refractivity contribution in [2.75, 3.05) is 5.75 Å². The normalized spacial score (nSPS) is 17.9. The quantitative estimate of drug-likeness (QED) is 0.406. The highest BCUT2D eigenvalue weighted by molar-refractivity contribution is 7.91. The largest absolute Gasteiger partial charge is 0.346 e. The van der Waals surface area contributed by atoms with Crippen molar-refractivity contribution < 1.29 is 22.0 Å². The number of rotatable bonds is 5. The summed E-state index contributed by atoms with van der Waals surface area (Å²) in [6.45, 7) is 0.0116. The molecule has 0 atom stereocenters. The van der Waals surface area contributed by atoms with Crippen molar-refractivity contribution in [1.29, 1.82) is 0 Å². The first-order valence-electron chi connectivity index (χ1n) is 12.2. The van der Waals surface area contributed by atoms with Crippen molar-refractivity contribution in [3.8, 4) is 11.4 Å². The molecule has 0 unspecified atom stereocenters. The van der Waals surface area contributed by atoms with Gasteiger partial charge in [0.15, 0.2) is 9.84 Å². The van der Waals surface area contributed by atoms with Crippen LogP contribution in [0.1, 0.15) is 59.0 Å². The zero-order chi connectivity index (χ0) is 26.5. The van der Waals surface area contributed by atoms with Crippen molar-refractivity contribution in [2.24, 2.45) is 0 Å². The summed E-state index contributed by atoms with van der Waals surface area (Å²) in [7, 11) is -3.98. The summed E-state index contributed by atoms with van der Waals surface area (Å²) in [4.78, 5) is 33.9. The molecule has 0 bridgehead atoms. The van der Waals surface area contributed by atoms with E-state index in [0.717, 1.165) is 36.2 Å². The number of amides is 1. The minimum atomic E-state index is -3.98. The minimum absolute atomic E-state index is 0.0116. The predicted molar refractivity (Wildman–Crippen MR) is 133 cm³/mol. The number of pyridine rings is 3. The number of alkyl halides is 2. The van der Waals surface area contributed by atoms with Crippen LogP contribution in [-0.4, -0.2) is 45.0 Å². The van der Waals surface area contributed by atoms with E-state index in [1.807, 2.05) is 12.1 Å². The number of fused-ring (bicyclic) bond motifs is 2. The van der Waals surface area contributed by atoms with Gasteiger partial charge in [-0.05, 0) is 43.5 Å². The van der Waals surface area contributed by atoms with E-state index in [0.29, 0.717) is 28.5 Å². The third-order valence-corrected chi connectivity index (χ3v) is 8.48. The van der Waals surface area contributed by atoms with E-state index >= 15 is 0 Å². The summed E-state index contributed by atoms with van der Waals surface area (Å²) in [5.41, 5.74) is 2.54. The number of carbonyl (C=O) groups is 1. The van der Waals surface area contributed by atoms with Crippen LogP contribution in [0, 0.1) is 0 Å². The zero-order valence-corrected chi connectivity index (χ0v) is 20.9. The Morgan fingerprint density at radius 3 is 2.68 bits per heavy atom. The molecule has 0 radical (unpaired) electrons. The Labute approximate surface area is 216 Å². The monoisotopic (exact) mass is 536 g/mol. The smallest absolute Gasteiger partial charge is 0.291 e. The van der Waals surface area contributed by atoms with Gasteiger partial charge in [-0.15, -0.1) is 0 Å². The van der Waals surface area contributed by atoms with Crippen LogP contribution in [0.4, 0.5) is 8.78 Å². The van der Waals surface area contributed by atoms with Gasteiger partial charge < -0.3 is 5.32 Å². The fraction of sp³-hybridized carbons (Fsp3) is 0.308. The molecule has 38 heavy (non-hydrogen) atoms. The van der Waals surface area contributed by atoms with Gasteiger partial charge in [0.1, 0.15) is 11.4 Å². The molecule has 0 saturated heterocycles. The average molecular weight is 537 g/mol. The molecule has 0 spiro atoms. The lowest BCUT2D eigenvalue weighted by Gasteiger charge is -2.15. The van der Waals surface area contributed by atoms with Crippen LogP contribution in [0.2, 0.25) is 0 Å². The lowest BCUT2D eigenvalue weighted by atomic mass is 10.1. The van der Waals surface area contributed by atoms with Gasteiger partial charge in [-0.3, -0.25) is 19.7 Å². The molecule has 1 amide bonds. The molecule has 6 rings (SSSR count). The lowest BCUT2D eigenvalue weighted by Crippen LogP contribution is -2.25. The van der Waals surface area contributed by atoms with Crippen molar-refractivity contribution >= 4 is 26.6 Å². The zero-order valence-electron chi connectivity index (χ0n) is 20.1. The topological polar surface area (TPSA) is 128 Å². The Bertz CT molecular complexity index is 1690. The second-order valence-corrected chi connectivity index (χ2v) is 11.6. The van der Waals surface area contributed by atoms with Gasteiger partial charge in [0.25, 0.3) is 11.8 Å². The molecule has 1 aliphatic carbocycles. The Morgan fingerprint density at radius 2 is 1.87 bits per heavy atom. The first kappa shape index (κ1) is 24.4. The average Bonchev–Trinajstić information content (AvgIpc) is 3.77. The van der Waals surface area contributed by atoms with Crippen LogP contribution in [0.15, 0.2) is 53.9 Å². The van der Waals surface area contributed by atoms with Crippen molar-refractivity contribution in [3.05, 3.63) is 71.7 Å². The molecule has 2 aliphatic rings. The summed E-state index contributed by atoms with van der Waals surface area (Å²) in [5.74, 6) is -3.98. The van der Waals surface area contributed by atoms with Gasteiger partial charge in [-0.1, -0.05) is 0 Å². The van der Waals surface area contributed by atoms with Crippen LogP contribution in [0.5, 0.6) is 0 Å². The van der Waals surface area contributed by atoms with E-state index in [4.69, 9.17) is 4.98 Å². The third kappa shape index (κ3) is 4.71. The van der Waals surface area contributed by atoms with E-state index < -0.39 is 44.4 Å². The number of nitrogens with one attached hydrogen (secondary N) is 1.